The van der Waals surface area contributed by atoms with E-state index >= 15 is 0 Å². The second-order valence-corrected chi connectivity index (χ2v) is 3.67. The number of rotatable bonds is 3. The van der Waals surface area contributed by atoms with Crippen LogP contribution in [0.2, 0.25) is 0 Å². The molecule has 0 aliphatic heterocycles. The molecule has 0 atom stereocenters. The summed E-state index contributed by atoms with van der Waals surface area (Å²) in [4.78, 5) is 10.9. The molecule has 0 saturated carbocycles. The largest absolute Gasteiger partial charge is 0.455 e. The van der Waals surface area contributed by atoms with Gasteiger partial charge in [0.05, 0.1) is 5.69 Å². The van der Waals surface area contributed by atoms with Crippen molar-refractivity contribution >= 4 is 11.6 Å². The van der Waals surface area contributed by atoms with Gasteiger partial charge in [-0.25, -0.2) is 4.39 Å². The summed E-state index contributed by atoms with van der Waals surface area (Å²) in [7, 11) is 0. The summed E-state index contributed by atoms with van der Waals surface area (Å²) in [5, 5.41) is 0. The molecule has 0 saturated heterocycles. The van der Waals surface area contributed by atoms with E-state index in [-0.39, 0.29) is 11.5 Å². The van der Waals surface area contributed by atoms with Crippen molar-refractivity contribution in [3.63, 3.8) is 0 Å². The lowest BCUT2D eigenvalue weighted by Crippen LogP contribution is -2.11. The van der Waals surface area contributed by atoms with Crippen molar-refractivity contribution < 1.29 is 13.9 Å². The average molecular weight is 246 g/mol. The molecular weight excluding hydrogens is 235 g/mol. The minimum atomic E-state index is -0.560. The SMILES string of the molecule is NC(=O)c1ccc(Oc2ccc(F)cc2)c(N)c1. The van der Waals surface area contributed by atoms with Crippen LogP contribution in [0.1, 0.15) is 10.4 Å². The number of carbonyl (C=O) groups excluding carboxylic acids is 1. The number of benzene rings is 2. The van der Waals surface area contributed by atoms with Crippen LogP contribution in [0.5, 0.6) is 11.5 Å². The minimum absolute atomic E-state index is 0.288. The Morgan fingerprint density at radius 1 is 1.11 bits per heavy atom. The van der Waals surface area contributed by atoms with Gasteiger partial charge in [-0.05, 0) is 42.5 Å². The molecule has 92 valence electrons. The van der Waals surface area contributed by atoms with Gasteiger partial charge in [0.1, 0.15) is 17.3 Å². The standard InChI is InChI=1S/C13H11FN2O2/c14-9-2-4-10(5-3-9)18-12-6-1-8(13(16)17)7-11(12)15/h1-7H,15H2,(H2,16,17). The van der Waals surface area contributed by atoms with Gasteiger partial charge >= 0.3 is 0 Å². The summed E-state index contributed by atoms with van der Waals surface area (Å²) in [6, 6.07) is 10.0. The summed E-state index contributed by atoms with van der Waals surface area (Å²) in [6.07, 6.45) is 0. The zero-order chi connectivity index (χ0) is 13.1. The zero-order valence-electron chi connectivity index (χ0n) is 9.39. The Morgan fingerprint density at radius 2 is 1.78 bits per heavy atom. The van der Waals surface area contributed by atoms with E-state index in [9.17, 15) is 9.18 Å². The zero-order valence-corrected chi connectivity index (χ0v) is 9.39. The third-order valence-corrected chi connectivity index (χ3v) is 2.34. The normalized spacial score (nSPS) is 10.1. The fourth-order valence-electron chi connectivity index (χ4n) is 1.42. The van der Waals surface area contributed by atoms with Gasteiger partial charge < -0.3 is 16.2 Å². The molecule has 2 rings (SSSR count). The smallest absolute Gasteiger partial charge is 0.248 e. The van der Waals surface area contributed by atoms with Crippen molar-refractivity contribution in [1.82, 2.24) is 0 Å². The van der Waals surface area contributed by atoms with E-state index in [0.29, 0.717) is 17.1 Å². The molecule has 0 heterocycles. The molecule has 0 bridgehead atoms. The lowest BCUT2D eigenvalue weighted by Gasteiger charge is -2.09. The van der Waals surface area contributed by atoms with E-state index in [4.69, 9.17) is 16.2 Å². The lowest BCUT2D eigenvalue weighted by molar-refractivity contribution is 0.100. The number of primary amides is 1. The summed E-state index contributed by atoms with van der Waals surface area (Å²) < 4.78 is 18.2. The van der Waals surface area contributed by atoms with E-state index in [1.165, 1.54) is 36.4 Å². The molecule has 0 aliphatic rings. The highest BCUT2D eigenvalue weighted by Gasteiger charge is 2.06. The van der Waals surface area contributed by atoms with Crippen molar-refractivity contribution in [1.29, 1.82) is 0 Å². The summed E-state index contributed by atoms with van der Waals surface area (Å²) in [6.45, 7) is 0. The second-order valence-electron chi connectivity index (χ2n) is 3.67. The highest BCUT2D eigenvalue weighted by Crippen LogP contribution is 2.28. The Hall–Kier alpha value is -2.56. The van der Waals surface area contributed by atoms with Crippen LogP contribution in [-0.2, 0) is 0 Å². The Labute approximate surface area is 103 Å². The Bertz CT molecular complexity index is 582. The van der Waals surface area contributed by atoms with Gasteiger partial charge in [0.25, 0.3) is 0 Å². The number of halogens is 1. The molecular formula is C13H11FN2O2. The molecule has 0 fully saturated rings. The molecule has 0 radical (unpaired) electrons. The van der Waals surface area contributed by atoms with Crippen molar-refractivity contribution in [2.45, 2.75) is 0 Å². The molecule has 1 amide bonds. The Morgan fingerprint density at radius 3 is 2.33 bits per heavy atom. The van der Waals surface area contributed by atoms with Gasteiger partial charge in [-0.2, -0.15) is 0 Å². The van der Waals surface area contributed by atoms with Crippen LogP contribution < -0.4 is 16.2 Å². The molecule has 2 aromatic rings. The van der Waals surface area contributed by atoms with Crippen LogP contribution in [-0.4, -0.2) is 5.91 Å². The van der Waals surface area contributed by atoms with Gasteiger partial charge in [-0.15, -0.1) is 0 Å². The first-order valence-corrected chi connectivity index (χ1v) is 5.19. The van der Waals surface area contributed by atoms with Crippen molar-refractivity contribution in [2.24, 2.45) is 5.73 Å². The first kappa shape index (κ1) is 11.9. The number of nitrogens with two attached hydrogens (primary N) is 2. The lowest BCUT2D eigenvalue weighted by atomic mass is 10.2. The fraction of sp³-hybridized carbons (Fsp3) is 0. The Kier molecular flexibility index (Phi) is 3.14. The second kappa shape index (κ2) is 4.75. The topological polar surface area (TPSA) is 78.3 Å². The number of carbonyl (C=O) groups is 1. The highest BCUT2D eigenvalue weighted by atomic mass is 19.1. The van der Waals surface area contributed by atoms with Gasteiger partial charge in [-0.1, -0.05) is 0 Å². The quantitative estimate of drug-likeness (QED) is 0.815. The van der Waals surface area contributed by atoms with E-state index in [1.54, 1.807) is 6.07 Å². The third-order valence-electron chi connectivity index (χ3n) is 2.34. The molecule has 18 heavy (non-hydrogen) atoms. The number of hydrogen-bond donors (Lipinski definition) is 2. The highest BCUT2D eigenvalue weighted by molar-refractivity contribution is 5.94. The van der Waals surface area contributed by atoms with Crippen LogP contribution in [0, 0.1) is 5.82 Å². The van der Waals surface area contributed by atoms with Crippen LogP contribution in [0.4, 0.5) is 10.1 Å². The number of nitrogen functional groups attached to an aromatic ring is 1. The Balaban J connectivity index is 2.24. The molecule has 4 N–H and O–H groups in total. The molecule has 4 nitrogen and oxygen atoms in total. The van der Waals surface area contributed by atoms with Crippen LogP contribution in [0.15, 0.2) is 42.5 Å². The van der Waals surface area contributed by atoms with E-state index in [2.05, 4.69) is 0 Å². The number of hydrogen-bond acceptors (Lipinski definition) is 3. The van der Waals surface area contributed by atoms with Gasteiger partial charge in [0.15, 0.2) is 0 Å². The maximum atomic E-state index is 12.7. The van der Waals surface area contributed by atoms with Crippen molar-refractivity contribution in [3.8, 4) is 11.5 Å². The van der Waals surface area contributed by atoms with E-state index in [1.807, 2.05) is 0 Å². The predicted octanol–water partition coefficient (Wildman–Crippen LogP) is 2.30. The molecule has 0 aliphatic carbocycles. The molecule has 5 heteroatoms. The van der Waals surface area contributed by atoms with Gasteiger partial charge in [0.2, 0.25) is 5.91 Å². The maximum Gasteiger partial charge on any atom is 0.248 e. The van der Waals surface area contributed by atoms with Crippen molar-refractivity contribution in [2.75, 3.05) is 5.73 Å². The molecule has 0 spiro atoms. The van der Waals surface area contributed by atoms with Gasteiger partial charge in [0, 0.05) is 5.56 Å². The third kappa shape index (κ3) is 2.57. The van der Waals surface area contributed by atoms with E-state index < -0.39 is 5.91 Å². The average Bonchev–Trinajstić information content (AvgIpc) is 2.34. The maximum absolute atomic E-state index is 12.7. The first-order valence-electron chi connectivity index (χ1n) is 5.19. The number of anilines is 1. The minimum Gasteiger partial charge on any atom is -0.455 e. The van der Waals surface area contributed by atoms with E-state index in [0.717, 1.165) is 0 Å². The monoisotopic (exact) mass is 246 g/mol. The fourth-order valence-corrected chi connectivity index (χ4v) is 1.42. The summed E-state index contributed by atoms with van der Waals surface area (Å²) in [5.41, 5.74) is 11.4. The van der Waals surface area contributed by atoms with Crippen LogP contribution in [0.25, 0.3) is 0 Å². The number of amides is 1. The van der Waals surface area contributed by atoms with Crippen molar-refractivity contribution in [3.05, 3.63) is 53.8 Å². The molecule has 0 unspecified atom stereocenters. The summed E-state index contributed by atoms with van der Waals surface area (Å²) >= 11 is 0. The van der Waals surface area contributed by atoms with Crippen LogP contribution >= 0.6 is 0 Å². The molecule has 2 aromatic carbocycles. The predicted molar refractivity (Wildman–Crippen MR) is 65.8 cm³/mol. The summed E-state index contributed by atoms with van der Waals surface area (Å²) in [5.74, 6) is -0.0732. The van der Waals surface area contributed by atoms with Crippen LogP contribution in [0.3, 0.4) is 0 Å². The molecule has 0 aromatic heterocycles. The number of ether oxygens (including phenoxy) is 1. The van der Waals surface area contributed by atoms with Gasteiger partial charge in [-0.3, -0.25) is 4.79 Å². The first-order chi connectivity index (χ1) is 8.56.